The topological polar surface area (TPSA) is 38.7 Å². The molecule has 4 heteroatoms. The predicted molar refractivity (Wildman–Crippen MR) is 115 cm³/mol. The van der Waals surface area contributed by atoms with Crippen LogP contribution in [-0.2, 0) is 0 Å². The van der Waals surface area contributed by atoms with Crippen LogP contribution < -0.4 is 19.7 Å². The van der Waals surface area contributed by atoms with Crippen LogP contribution in [0, 0.1) is 0 Å². The van der Waals surface area contributed by atoms with Gasteiger partial charge in [0.2, 0.25) is 0 Å². The predicted octanol–water partition coefficient (Wildman–Crippen LogP) is 5.09. The molecule has 28 heavy (non-hydrogen) atoms. The van der Waals surface area contributed by atoms with Crippen molar-refractivity contribution in [1.82, 2.24) is 0 Å². The Morgan fingerprint density at radius 1 is 0.429 bits per heavy atom. The number of para-hydroxylation sites is 2. The van der Waals surface area contributed by atoms with Crippen LogP contribution >= 0.6 is 7.28 Å². The molecule has 0 spiro atoms. The number of hydrogen-bond donors (Lipinski definition) is 1. The number of rotatable bonds is 6. The summed E-state index contributed by atoms with van der Waals surface area (Å²) in [7, 11) is -4.54. The van der Waals surface area contributed by atoms with E-state index in [-0.39, 0.29) is 0 Å². The first kappa shape index (κ1) is 18.2. The van der Waals surface area contributed by atoms with Gasteiger partial charge in [0, 0.05) is 0 Å². The molecule has 0 bridgehead atoms. The van der Waals surface area contributed by atoms with Gasteiger partial charge >= 0.3 is 165 Å². The maximum absolute atomic E-state index is 12.5. The average Bonchev–Trinajstić information content (AvgIpc) is 2.76. The van der Waals surface area contributed by atoms with Crippen molar-refractivity contribution in [3.63, 3.8) is 0 Å². The Kier molecular flexibility index (Phi) is 4.87. The summed E-state index contributed by atoms with van der Waals surface area (Å²) in [6.45, 7) is 0. The second-order valence-electron chi connectivity index (χ2n) is 6.39. The van der Waals surface area contributed by atoms with Crippen molar-refractivity contribution < 1.29 is 13.9 Å². The van der Waals surface area contributed by atoms with Gasteiger partial charge < -0.3 is 0 Å². The molecule has 4 aromatic carbocycles. The molecule has 1 N–H and O–H groups in total. The van der Waals surface area contributed by atoms with Crippen LogP contribution in [0.5, 0.6) is 11.5 Å². The molecule has 0 saturated heterocycles. The first-order chi connectivity index (χ1) is 13.7. The van der Waals surface area contributed by atoms with Gasteiger partial charge in [-0.3, -0.25) is 0 Å². The van der Waals surface area contributed by atoms with Gasteiger partial charge in [-0.15, -0.1) is 0 Å². The van der Waals surface area contributed by atoms with E-state index in [0.29, 0.717) is 22.1 Å². The van der Waals surface area contributed by atoms with E-state index >= 15 is 0 Å². The van der Waals surface area contributed by atoms with Gasteiger partial charge in [-0.1, -0.05) is 0 Å². The van der Waals surface area contributed by atoms with E-state index in [2.05, 4.69) is 0 Å². The van der Waals surface area contributed by atoms with Gasteiger partial charge in [-0.25, -0.2) is 0 Å². The van der Waals surface area contributed by atoms with Gasteiger partial charge in [-0.2, -0.15) is 0 Å². The molecule has 0 saturated carbocycles. The summed E-state index contributed by atoms with van der Waals surface area (Å²) < 4.78 is 12.9. The second-order valence-corrected chi connectivity index (χ2v) is 9.62. The summed E-state index contributed by atoms with van der Waals surface area (Å²) in [6, 6.07) is 37.2. The zero-order chi connectivity index (χ0) is 19.3. The maximum atomic E-state index is 12.5. The van der Waals surface area contributed by atoms with Crippen LogP contribution in [0.2, 0.25) is 0 Å². The van der Waals surface area contributed by atoms with E-state index in [4.69, 9.17) is 9.05 Å². The summed E-state index contributed by atoms with van der Waals surface area (Å²) in [6.07, 6.45) is 0. The van der Waals surface area contributed by atoms with Crippen LogP contribution in [0.25, 0.3) is 0 Å². The Labute approximate surface area is 165 Å². The van der Waals surface area contributed by atoms with Crippen molar-refractivity contribution in [3.8, 4) is 11.5 Å². The summed E-state index contributed by atoms with van der Waals surface area (Å²) in [4.78, 5) is 12.5. The molecule has 0 aliphatic carbocycles. The Balaban J connectivity index is 1.99. The molecule has 0 aromatic heterocycles. The quantitative estimate of drug-likeness (QED) is 0.468. The van der Waals surface area contributed by atoms with E-state index in [9.17, 15) is 4.89 Å². The molecule has 140 valence electrons. The molecule has 4 rings (SSSR count). The minimum absolute atomic E-state index is 0.534. The van der Waals surface area contributed by atoms with Gasteiger partial charge in [0.05, 0.1) is 0 Å². The van der Waals surface area contributed by atoms with Crippen LogP contribution in [0.4, 0.5) is 0 Å². The summed E-state index contributed by atoms with van der Waals surface area (Å²) >= 11 is 0. The molecule has 0 unspecified atom stereocenters. The Morgan fingerprint density at radius 2 is 0.714 bits per heavy atom. The Morgan fingerprint density at radius 3 is 1.04 bits per heavy atom. The van der Waals surface area contributed by atoms with Crippen molar-refractivity contribution in [2.24, 2.45) is 0 Å². The van der Waals surface area contributed by atoms with Crippen molar-refractivity contribution in [2.45, 2.75) is 0 Å². The Bertz CT molecular complexity index is 937. The third-order valence-electron chi connectivity index (χ3n) is 4.46. The van der Waals surface area contributed by atoms with Crippen molar-refractivity contribution >= 4 is 17.9 Å². The molecule has 0 amide bonds. The third kappa shape index (κ3) is 3.38. The normalized spacial score (nSPS) is 12.5. The molecule has 3 nitrogen and oxygen atoms in total. The molecule has 0 fully saturated rings. The van der Waals surface area contributed by atoms with E-state index in [0.717, 1.165) is 0 Å². The average molecular weight is 388 g/mol. The summed E-state index contributed by atoms with van der Waals surface area (Å²) in [5, 5.41) is 1.18. The fraction of sp³-hybridized carbons (Fsp3) is 0. The van der Waals surface area contributed by atoms with Crippen LogP contribution in [0.3, 0.4) is 0 Å². The van der Waals surface area contributed by atoms with Crippen LogP contribution in [-0.4, -0.2) is 4.89 Å². The summed E-state index contributed by atoms with van der Waals surface area (Å²) in [5.74, 6) is 1.07. The van der Waals surface area contributed by atoms with Gasteiger partial charge in [-0.05, 0) is 0 Å². The van der Waals surface area contributed by atoms with Crippen LogP contribution in [0.1, 0.15) is 0 Å². The van der Waals surface area contributed by atoms with Gasteiger partial charge in [0.15, 0.2) is 0 Å². The van der Waals surface area contributed by atoms with Crippen LogP contribution in [0.15, 0.2) is 121 Å². The minimum atomic E-state index is -4.54. The fourth-order valence-electron chi connectivity index (χ4n) is 3.11. The Hall–Kier alpha value is -3.13. The van der Waals surface area contributed by atoms with Gasteiger partial charge in [0.1, 0.15) is 0 Å². The molecular formula is C24H21O3P. The standard InChI is InChI=1S/C24H21O3P/c25-28(23-17-9-3-10-18-23,24-19-11-4-12-20-24,26-21-13-5-1-6-14-21)27-22-15-7-2-8-16-22/h1-20,25H. The first-order valence-corrected chi connectivity index (χ1v) is 11.1. The molecule has 0 atom stereocenters. The SMILES string of the molecule is OP(Oc1ccccc1)(Oc1ccccc1)(c1ccccc1)c1ccccc1. The zero-order valence-corrected chi connectivity index (χ0v) is 16.2. The molecule has 0 aliphatic heterocycles. The second kappa shape index (κ2) is 7.47. The molecule has 0 radical (unpaired) electrons. The molecule has 0 heterocycles. The molecular weight excluding hydrogens is 367 g/mol. The fourth-order valence-corrected chi connectivity index (χ4v) is 6.29. The van der Waals surface area contributed by atoms with E-state index in [1.54, 1.807) is 0 Å². The summed E-state index contributed by atoms with van der Waals surface area (Å²) in [5.41, 5.74) is 0. The van der Waals surface area contributed by atoms with Crippen molar-refractivity contribution in [1.29, 1.82) is 0 Å². The molecule has 4 aromatic rings. The van der Waals surface area contributed by atoms with E-state index in [1.165, 1.54) is 0 Å². The number of benzene rings is 4. The number of hydrogen-bond acceptors (Lipinski definition) is 3. The first-order valence-electron chi connectivity index (χ1n) is 9.06. The van der Waals surface area contributed by atoms with E-state index in [1.807, 2.05) is 121 Å². The van der Waals surface area contributed by atoms with E-state index < -0.39 is 7.28 Å². The monoisotopic (exact) mass is 388 g/mol. The van der Waals surface area contributed by atoms with Crippen molar-refractivity contribution in [3.05, 3.63) is 121 Å². The zero-order valence-electron chi connectivity index (χ0n) is 15.3. The third-order valence-corrected chi connectivity index (χ3v) is 7.98. The molecule has 0 aliphatic rings. The van der Waals surface area contributed by atoms with Crippen molar-refractivity contribution in [2.75, 3.05) is 0 Å². The van der Waals surface area contributed by atoms with Gasteiger partial charge in [0.25, 0.3) is 0 Å².